The van der Waals surface area contributed by atoms with Crippen LogP contribution in [0.5, 0.6) is 5.75 Å². The van der Waals surface area contributed by atoms with Crippen LogP contribution < -0.4 is 20.7 Å². The normalized spacial score (nSPS) is 14.7. The summed E-state index contributed by atoms with van der Waals surface area (Å²) in [5.74, 6) is 1.48. The molecule has 0 bridgehead atoms. The SMILES string of the molecule is C=CC(=O)Nc1cccc(C(C)Cc2nc(Cc3ccc(N4CCN(C)CC4)cc3OC)nc(N)c2Cl)c1. The van der Waals surface area contributed by atoms with Crippen molar-refractivity contribution in [1.82, 2.24) is 14.9 Å². The Labute approximate surface area is 229 Å². The van der Waals surface area contributed by atoms with E-state index in [4.69, 9.17) is 27.1 Å². The van der Waals surface area contributed by atoms with Crippen LogP contribution in [0, 0.1) is 0 Å². The standard InChI is InChI=1S/C29H35ClN6O2/c1-5-27(37)32-22-8-6-7-20(16-22)19(2)15-24-28(30)29(31)34-26(33-24)17-21-9-10-23(18-25(21)38-4)36-13-11-35(3)12-14-36/h5-10,16,18-19H,1,11-15,17H2,2-4H3,(H,32,37)(H2,31,33,34). The first-order valence-corrected chi connectivity index (χ1v) is 13.1. The van der Waals surface area contributed by atoms with Crippen LogP contribution in [-0.2, 0) is 17.6 Å². The maximum Gasteiger partial charge on any atom is 0.247 e. The molecule has 38 heavy (non-hydrogen) atoms. The number of rotatable bonds is 9. The summed E-state index contributed by atoms with van der Waals surface area (Å²) in [6.07, 6.45) is 2.28. The molecule has 8 nitrogen and oxygen atoms in total. The molecule has 1 saturated heterocycles. The first-order chi connectivity index (χ1) is 18.3. The molecule has 0 spiro atoms. The summed E-state index contributed by atoms with van der Waals surface area (Å²) < 4.78 is 5.74. The molecule has 1 amide bonds. The van der Waals surface area contributed by atoms with Gasteiger partial charge in [0.15, 0.2) is 0 Å². The molecule has 0 aliphatic carbocycles. The number of hydrogen-bond donors (Lipinski definition) is 2. The van der Waals surface area contributed by atoms with E-state index in [-0.39, 0.29) is 17.6 Å². The van der Waals surface area contributed by atoms with Crippen molar-refractivity contribution in [2.24, 2.45) is 0 Å². The van der Waals surface area contributed by atoms with E-state index >= 15 is 0 Å². The third kappa shape index (κ3) is 6.62. The fourth-order valence-electron chi connectivity index (χ4n) is 4.62. The Morgan fingerprint density at radius 3 is 2.68 bits per heavy atom. The van der Waals surface area contributed by atoms with Crippen LogP contribution in [-0.4, -0.2) is 61.1 Å². The first-order valence-electron chi connectivity index (χ1n) is 12.7. The molecule has 4 rings (SSSR count). The number of ether oxygens (including phenoxy) is 1. The van der Waals surface area contributed by atoms with Gasteiger partial charge in [-0.1, -0.05) is 43.3 Å². The summed E-state index contributed by atoms with van der Waals surface area (Å²) >= 11 is 6.54. The van der Waals surface area contributed by atoms with Gasteiger partial charge in [-0.05, 0) is 49.2 Å². The fraction of sp³-hybridized carbons (Fsp3) is 0.345. The Balaban J connectivity index is 1.52. The largest absolute Gasteiger partial charge is 0.496 e. The van der Waals surface area contributed by atoms with Crippen LogP contribution in [0.25, 0.3) is 0 Å². The molecule has 1 atom stereocenters. The quantitative estimate of drug-likeness (QED) is 0.389. The molecule has 2 heterocycles. The average Bonchev–Trinajstić information content (AvgIpc) is 2.92. The number of likely N-dealkylation sites (N-methyl/N-ethyl adjacent to an activating group) is 1. The highest BCUT2D eigenvalue weighted by Crippen LogP contribution is 2.31. The lowest BCUT2D eigenvalue weighted by molar-refractivity contribution is -0.111. The van der Waals surface area contributed by atoms with Gasteiger partial charge in [0, 0.05) is 55.6 Å². The van der Waals surface area contributed by atoms with Crippen LogP contribution in [0.4, 0.5) is 17.2 Å². The maximum absolute atomic E-state index is 11.7. The second-order valence-electron chi connectivity index (χ2n) is 9.67. The van der Waals surface area contributed by atoms with Gasteiger partial charge in [0.25, 0.3) is 0 Å². The van der Waals surface area contributed by atoms with Crippen molar-refractivity contribution in [2.75, 3.05) is 56.3 Å². The van der Waals surface area contributed by atoms with E-state index in [2.05, 4.69) is 58.9 Å². The number of methoxy groups -OCH3 is 1. The van der Waals surface area contributed by atoms with Crippen LogP contribution in [0.1, 0.15) is 35.5 Å². The van der Waals surface area contributed by atoms with Gasteiger partial charge in [0.1, 0.15) is 22.4 Å². The van der Waals surface area contributed by atoms with Crippen LogP contribution >= 0.6 is 11.6 Å². The molecule has 1 aliphatic heterocycles. The molecule has 0 saturated carbocycles. The van der Waals surface area contributed by atoms with Gasteiger partial charge in [-0.3, -0.25) is 4.79 Å². The summed E-state index contributed by atoms with van der Waals surface area (Å²) in [6, 6.07) is 14.0. The molecule has 9 heteroatoms. The number of hydrogen-bond acceptors (Lipinski definition) is 7. The van der Waals surface area contributed by atoms with Gasteiger partial charge in [0.05, 0.1) is 12.8 Å². The van der Waals surface area contributed by atoms with E-state index in [0.29, 0.717) is 35.1 Å². The van der Waals surface area contributed by atoms with E-state index in [1.54, 1.807) is 7.11 Å². The predicted molar refractivity (Wildman–Crippen MR) is 154 cm³/mol. The summed E-state index contributed by atoms with van der Waals surface area (Å²) in [7, 11) is 3.83. The van der Waals surface area contributed by atoms with E-state index in [0.717, 1.165) is 48.7 Å². The Morgan fingerprint density at radius 1 is 1.21 bits per heavy atom. The second kappa shape index (κ2) is 12.3. The van der Waals surface area contributed by atoms with Crippen LogP contribution in [0.2, 0.25) is 5.02 Å². The lowest BCUT2D eigenvalue weighted by Gasteiger charge is -2.34. The molecular formula is C29H35ClN6O2. The van der Waals surface area contributed by atoms with Crippen molar-refractivity contribution >= 4 is 34.7 Å². The van der Waals surface area contributed by atoms with E-state index < -0.39 is 0 Å². The highest BCUT2D eigenvalue weighted by Gasteiger charge is 2.19. The van der Waals surface area contributed by atoms with Gasteiger partial charge in [0.2, 0.25) is 5.91 Å². The molecule has 1 aromatic heterocycles. The number of piperazine rings is 1. The summed E-state index contributed by atoms with van der Waals surface area (Å²) in [4.78, 5) is 25.7. The molecule has 3 N–H and O–H groups in total. The van der Waals surface area contributed by atoms with Crippen molar-refractivity contribution in [1.29, 1.82) is 0 Å². The number of nitrogens with two attached hydrogens (primary N) is 1. The molecule has 1 aliphatic rings. The summed E-state index contributed by atoms with van der Waals surface area (Å²) in [5, 5.41) is 3.17. The minimum atomic E-state index is -0.252. The number of nitrogen functional groups attached to an aromatic ring is 1. The predicted octanol–water partition coefficient (Wildman–Crippen LogP) is 4.53. The van der Waals surface area contributed by atoms with Crippen molar-refractivity contribution in [2.45, 2.75) is 25.7 Å². The Kier molecular flexibility index (Phi) is 8.86. The fourth-order valence-corrected chi connectivity index (χ4v) is 4.78. The third-order valence-corrected chi connectivity index (χ3v) is 7.30. The molecule has 2 aromatic carbocycles. The highest BCUT2D eigenvalue weighted by molar-refractivity contribution is 6.33. The zero-order valence-electron chi connectivity index (χ0n) is 22.2. The zero-order valence-corrected chi connectivity index (χ0v) is 23.0. The van der Waals surface area contributed by atoms with E-state index in [1.165, 1.54) is 6.08 Å². The number of aromatic nitrogens is 2. The number of amides is 1. The molecule has 1 unspecified atom stereocenters. The zero-order chi connectivity index (χ0) is 27.2. The topological polar surface area (TPSA) is 96.6 Å². The Hall–Kier alpha value is -3.62. The lowest BCUT2D eigenvalue weighted by atomic mass is 9.95. The summed E-state index contributed by atoms with van der Waals surface area (Å²) in [5.41, 5.74) is 10.8. The number of carbonyl (C=O) groups is 1. The minimum absolute atomic E-state index is 0.0765. The minimum Gasteiger partial charge on any atom is -0.496 e. The average molecular weight is 535 g/mol. The molecule has 1 fully saturated rings. The molecule has 0 radical (unpaired) electrons. The number of nitrogens with one attached hydrogen (secondary N) is 1. The first kappa shape index (κ1) is 27.4. The lowest BCUT2D eigenvalue weighted by Crippen LogP contribution is -2.44. The van der Waals surface area contributed by atoms with Crippen molar-refractivity contribution in [3.63, 3.8) is 0 Å². The Bertz CT molecular complexity index is 1310. The van der Waals surface area contributed by atoms with Crippen molar-refractivity contribution in [3.05, 3.63) is 82.8 Å². The monoisotopic (exact) mass is 534 g/mol. The van der Waals surface area contributed by atoms with Gasteiger partial charge in [-0.15, -0.1) is 0 Å². The maximum atomic E-state index is 11.7. The molecule has 200 valence electrons. The third-order valence-electron chi connectivity index (χ3n) is 6.89. The van der Waals surface area contributed by atoms with Gasteiger partial charge in [-0.25, -0.2) is 9.97 Å². The van der Waals surface area contributed by atoms with Crippen LogP contribution in [0.15, 0.2) is 55.1 Å². The highest BCUT2D eigenvalue weighted by atomic mass is 35.5. The second-order valence-corrected chi connectivity index (χ2v) is 10.1. The summed E-state index contributed by atoms with van der Waals surface area (Å²) in [6.45, 7) is 9.64. The van der Waals surface area contributed by atoms with Crippen LogP contribution in [0.3, 0.4) is 0 Å². The number of anilines is 3. The Morgan fingerprint density at radius 2 is 1.97 bits per heavy atom. The number of nitrogens with zero attached hydrogens (tertiary/aromatic N) is 4. The number of benzene rings is 2. The van der Waals surface area contributed by atoms with E-state index in [9.17, 15) is 4.79 Å². The van der Waals surface area contributed by atoms with Crippen molar-refractivity contribution in [3.8, 4) is 5.75 Å². The van der Waals surface area contributed by atoms with Crippen molar-refractivity contribution < 1.29 is 9.53 Å². The van der Waals surface area contributed by atoms with Gasteiger partial charge >= 0.3 is 0 Å². The number of halogens is 1. The molecule has 3 aromatic rings. The van der Waals surface area contributed by atoms with Gasteiger partial charge in [-0.2, -0.15) is 0 Å². The van der Waals surface area contributed by atoms with Gasteiger partial charge < -0.3 is 25.6 Å². The molecular weight excluding hydrogens is 500 g/mol. The number of carbonyl (C=O) groups excluding carboxylic acids is 1. The van der Waals surface area contributed by atoms with E-state index in [1.807, 2.05) is 24.3 Å². The smallest absolute Gasteiger partial charge is 0.247 e.